The summed E-state index contributed by atoms with van der Waals surface area (Å²) >= 11 is 10.5. The second kappa shape index (κ2) is 7.90. The van der Waals surface area contributed by atoms with Gasteiger partial charge in [-0.2, -0.15) is 11.8 Å². The number of aromatic nitrogens is 2. The number of thioether (sulfide) groups is 1. The smallest absolute Gasteiger partial charge is 0.127 e. The molecule has 0 radical (unpaired) electrons. The molecule has 1 unspecified atom stereocenters. The van der Waals surface area contributed by atoms with Gasteiger partial charge in [0.15, 0.2) is 0 Å². The van der Waals surface area contributed by atoms with Crippen molar-refractivity contribution in [1.29, 1.82) is 0 Å². The van der Waals surface area contributed by atoms with Crippen LogP contribution in [0.4, 0.5) is 0 Å². The fourth-order valence-corrected chi connectivity index (χ4v) is 3.49. The maximum Gasteiger partial charge on any atom is 0.127 e. The fraction of sp³-hybridized carbons (Fsp3) is 0.533. The maximum absolute atomic E-state index is 6.29. The first kappa shape index (κ1) is 16.4. The molecule has 1 atom stereocenters. The first-order chi connectivity index (χ1) is 9.63. The first-order valence-electron chi connectivity index (χ1n) is 6.92. The fourth-order valence-electron chi connectivity index (χ4n) is 2.35. The molecular weight excluding hydrogens is 403 g/mol. The van der Waals surface area contributed by atoms with Gasteiger partial charge >= 0.3 is 0 Å². The number of hydrogen-bond donors (Lipinski definition) is 0. The van der Waals surface area contributed by atoms with E-state index in [4.69, 9.17) is 16.6 Å². The molecule has 0 bridgehead atoms. The summed E-state index contributed by atoms with van der Waals surface area (Å²) in [5.41, 5.74) is 2.27. The second-order valence-corrected chi connectivity index (χ2v) is 7.81. The van der Waals surface area contributed by atoms with E-state index in [-0.39, 0.29) is 5.38 Å². The zero-order valence-electron chi connectivity index (χ0n) is 11.9. The van der Waals surface area contributed by atoms with E-state index in [1.807, 2.05) is 18.7 Å². The normalized spacial score (nSPS) is 13.0. The van der Waals surface area contributed by atoms with Crippen LogP contribution in [0, 0.1) is 3.57 Å². The van der Waals surface area contributed by atoms with Gasteiger partial charge in [-0.25, -0.2) is 4.98 Å². The van der Waals surface area contributed by atoms with Crippen LogP contribution in [0.5, 0.6) is 0 Å². The average molecular weight is 423 g/mol. The molecule has 0 aliphatic carbocycles. The maximum atomic E-state index is 6.29. The highest BCUT2D eigenvalue weighted by atomic mass is 127. The zero-order chi connectivity index (χ0) is 14.5. The van der Waals surface area contributed by atoms with Gasteiger partial charge < -0.3 is 4.57 Å². The standard InChI is InChI=1S/C15H20ClIN2S/c1-11(16)15-18-13-10-12(17)6-7-14(13)19(15)8-4-3-5-9-20-2/h6-7,10-11H,3-5,8-9H2,1-2H3. The van der Waals surface area contributed by atoms with Crippen LogP contribution in [0.15, 0.2) is 18.2 Å². The Bertz CT molecular complexity index is 568. The Balaban J connectivity index is 2.18. The van der Waals surface area contributed by atoms with E-state index < -0.39 is 0 Å². The average Bonchev–Trinajstić information content (AvgIpc) is 2.76. The van der Waals surface area contributed by atoms with Gasteiger partial charge in [0, 0.05) is 10.1 Å². The van der Waals surface area contributed by atoms with E-state index >= 15 is 0 Å². The van der Waals surface area contributed by atoms with Gasteiger partial charge in [-0.3, -0.25) is 0 Å². The molecule has 0 spiro atoms. The number of aryl methyl sites for hydroxylation is 1. The van der Waals surface area contributed by atoms with Crippen molar-refractivity contribution in [3.05, 3.63) is 27.6 Å². The Kier molecular flexibility index (Phi) is 6.49. The molecule has 0 aliphatic rings. The van der Waals surface area contributed by atoms with Crippen LogP contribution in [0.2, 0.25) is 0 Å². The summed E-state index contributed by atoms with van der Waals surface area (Å²) in [7, 11) is 0. The Morgan fingerprint density at radius 1 is 1.35 bits per heavy atom. The van der Waals surface area contributed by atoms with Crippen molar-refractivity contribution < 1.29 is 0 Å². The van der Waals surface area contributed by atoms with Crippen LogP contribution < -0.4 is 0 Å². The molecule has 0 amide bonds. The summed E-state index contributed by atoms with van der Waals surface area (Å²) in [6.45, 7) is 3.01. The van der Waals surface area contributed by atoms with E-state index in [9.17, 15) is 0 Å². The third-order valence-electron chi connectivity index (χ3n) is 3.33. The van der Waals surface area contributed by atoms with E-state index in [1.54, 1.807) is 0 Å². The minimum Gasteiger partial charge on any atom is -0.327 e. The Morgan fingerprint density at radius 3 is 2.85 bits per heavy atom. The number of unbranched alkanes of at least 4 members (excludes halogenated alkanes) is 2. The zero-order valence-corrected chi connectivity index (χ0v) is 15.6. The minimum atomic E-state index is -0.0498. The van der Waals surface area contributed by atoms with Crippen molar-refractivity contribution in [2.24, 2.45) is 0 Å². The molecule has 2 nitrogen and oxygen atoms in total. The summed E-state index contributed by atoms with van der Waals surface area (Å²) in [5, 5.41) is -0.0498. The molecule has 110 valence electrons. The predicted octanol–water partition coefficient (Wildman–Crippen LogP) is 5.47. The highest BCUT2D eigenvalue weighted by molar-refractivity contribution is 14.1. The van der Waals surface area contributed by atoms with Crippen LogP contribution in [0.1, 0.15) is 37.4 Å². The van der Waals surface area contributed by atoms with Gasteiger partial charge in [-0.1, -0.05) is 6.42 Å². The highest BCUT2D eigenvalue weighted by Crippen LogP contribution is 2.26. The lowest BCUT2D eigenvalue weighted by molar-refractivity contribution is 0.593. The molecule has 1 aromatic heterocycles. The molecule has 20 heavy (non-hydrogen) atoms. The summed E-state index contributed by atoms with van der Waals surface area (Å²) < 4.78 is 3.51. The lowest BCUT2D eigenvalue weighted by Gasteiger charge is -2.10. The SMILES string of the molecule is CSCCCCCn1c(C(C)Cl)nc2cc(I)ccc21. The monoisotopic (exact) mass is 422 g/mol. The number of benzene rings is 1. The summed E-state index contributed by atoms with van der Waals surface area (Å²) in [6.07, 6.45) is 5.91. The molecule has 2 rings (SSSR count). The number of imidazole rings is 1. The molecule has 1 aromatic carbocycles. The van der Waals surface area contributed by atoms with Gasteiger partial charge in [-0.15, -0.1) is 11.6 Å². The van der Waals surface area contributed by atoms with Crippen LogP contribution in [0.3, 0.4) is 0 Å². The van der Waals surface area contributed by atoms with E-state index in [0.717, 1.165) is 17.9 Å². The lowest BCUT2D eigenvalue weighted by atomic mass is 10.2. The molecule has 0 fully saturated rings. The number of alkyl halides is 1. The number of nitrogens with zero attached hydrogens (tertiary/aromatic N) is 2. The Hall–Kier alpha value is 0.0600. The quantitative estimate of drug-likeness (QED) is 0.334. The van der Waals surface area contributed by atoms with Crippen molar-refractivity contribution in [3.8, 4) is 0 Å². The van der Waals surface area contributed by atoms with Crippen LogP contribution in [-0.2, 0) is 6.54 Å². The van der Waals surface area contributed by atoms with E-state index in [2.05, 4.69) is 51.6 Å². The van der Waals surface area contributed by atoms with Crippen LogP contribution in [0.25, 0.3) is 11.0 Å². The topological polar surface area (TPSA) is 17.8 Å². The van der Waals surface area contributed by atoms with Gasteiger partial charge in [0.1, 0.15) is 5.82 Å². The Morgan fingerprint density at radius 2 is 2.15 bits per heavy atom. The number of halogens is 2. The minimum absolute atomic E-state index is 0.0498. The van der Waals surface area contributed by atoms with Crippen molar-refractivity contribution in [1.82, 2.24) is 9.55 Å². The molecule has 2 aromatic rings. The van der Waals surface area contributed by atoms with Crippen LogP contribution >= 0.6 is 46.0 Å². The summed E-state index contributed by atoms with van der Waals surface area (Å²) in [6, 6.07) is 6.43. The largest absolute Gasteiger partial charge is 0.327 e. The molecule has 0 saturated carbocycles. The van der Waals surface area contributed by atoms with E-state index in [0.29, 0.717) is 0 Å². The third-order valence-corrected chi connectivity index (χ3v) is 4.89. The van der Waals surface area contributed by atoms with Crippen molar-refractivity contribution in [2.45, 2.75) is 38.1 Å². The van der Waals surface area contributed by atoms with Crippen LogP contribution in [-0.4, -0.2) is 21.6 Å². The Labute approximate surface area is 143 Å². The molecular formula is C15H20ClIN2S. The van der Waals surface area contributed by atoms with Gasteiger partial charge in [0.25, 0.3) is 0 Å². The lowest BCUT2D eigenvalue weighted by Crippen LogP contribution is -2.04. The number of hydrogen-bond acceptors (Lipinski definition) is 2. The predicted molar refractivity (Wildman–Crippen MR) is 99.0 cm³/mol. The summed E-state index contributed by atoms with van der Waals surface area (Å²) in [5.74, 6) is 2.25. The van der Waals surface area contributed by atoms with Crippen molar-refractivity contribution in [2.75, 3.05) is 12.0 Å². The molecule has 0 saturated heterocycles. The van der Waals surface area contributed by atoms with E-state index in [1.165, 1.54) is 34.1 Å². The highest BCUT2D eigenvalue weighted by Gasteiger charge is 2.14. The van der Waals surface area contributed by atoms with Crippen molar-refractivity contribution >= 4 is 57.0 Å². The molecule has 0 aliphatic heterocycles. The van der Waals surface area contributed by atoms with Gasteiger partial charge in [-0.05, 0) is 72.6 Å². The third kappa shape index (κ3) is 4.04. The van der Waals surface area contributed by atoms with Crippen molar-refractivity contribution in [3.63, 3.8) is 0 Å². The van der Waals surface area contributed by atoms with Gasteiger partial charge in [0.2, 0.25) is 0 Å². The molecule has 5 heteroatoms. The second-order valence-electron chi connectivity index (χ2n) is 4.92. The van der Waals surface area contributed by atoms with Gasteiger partial charge in [0.05, 0.1) is 16.4 Å². The first-order valence-corrected chi connectivity index (χ1v) is 9.83. The molecule has 1 heterocycles. The number of rotatable bonds is 7. The molecule has 0 N–H and O–H groups in total. The number of fused-ring (bicyclic) bond motifs is 1. The summed E-state index contributed by atoms with van der Waals surface area (Å²) in [4.78, 5) is 4.71.